The summed E-state index contributed by atoms with van der Waals surface area (Å²) in [4.78, 5) is 9.77. The Labute approximate surface area is 148 Å². The SMILES string of the molecule is OC1CCN(C2CCN(c3ccc4cc(Cl)ccc4n3)CC2)CC1. The van der Waals surface area contributed by atoms with Gasteiger partial charge >= 0.3 is 0 Å². The van der Waals surface area contributed by atoms with Gasteiger partial charge in [-0.05, 0) is 56.0 Å². The maximum absolute atomic E-state index is 9.67. The molecule has 0 radical (unpaired) electrons. The van der Waals surface area contributed by atoms with Crippen LogP contribution in [0.3, 0.4) is 0 Å². The van der Waals surface area contributed by atoms with Crippen LogP contribution in [0.4, 0.5) is 5.82 Å². The topological polar surface area (TPSA) is 39.6 Å². The number of likely N-dealkylation sites (tertiary alicyclic amines) is 1. The predicted molar refractivity (Wildman–Crippen MR) is 98.8 cm³/mol. The Balaban J connectivity index is 1.41. The standard InChI is InChI=1S/C19H24ClN3O/c20-15-2-3-18-14(13-15)1-4-19(21-18)23-9-5-16(6-10-23)22-11-7-17(24)8-12-22/h1-4,13,16-17,24H,5-12H2. The van der Waals surface area contributed by atoms with Crippen LogP contribution >= 0.6 is 11.6 Å². The van der Waals surface area contributed by atoms with Crippen LogP contribution in [0.15, 0.2) is 30.3 Å². The highest BCUT2D eigenvalue weighted by Crippen LogP contribution is 2.26. The van der Waals surface area contributed by atoms with Gasteiger partial charge in [0.05, 0.1) is 11.6 Å². The van der Waals surface area contributed by atoms with E-state index in [1.165, 1.54) is 12.8 Å². The van der Waals surface area contributed by atoms with Gasteiger partial charge in [-0.15, -0.1) is 0 Å². The molecule has 2 saturated heterocycles. The van der Waals surface area contributed by atoms with E-state index in [9.17, 15) is 5.11 Å². The summed E-state index contributed by atoms with van der Waals surface area (Å²) >= 11 is 6.05. The number of hydrogen-bond acceptors (Lipinski definition) is 4. The molecule has 1 N–H and O–H groups in total. The molecule has 128 valence electrons. The van der Waals surface area contributed by atoms with Gasteiger partial charge < -0.3 is 14.9 Å². The van der Waals surface area contributed by atoms with E-state index in [2.05, 4.69) is 21.9 Å². The van der Waals surface area contributed by atoms with Crippen LogP contribution in [-0.2, 0) is 0 Å². The number of rotatable bonds is 2. The minimum Gasteiger partial charge on any atom is -0.393 e. The first-order valence-corrected chi connectivity index (χ1v) is 9.30. The molecule has 2 aliphatic heterocycles. The summed E-state index contributed by atoms with van der Waals surface area (Å²) in [5, 5.41) is 11.5. The van der Waals surface area contributed by atoms with E-state index in [0.717, 1.165) is 60.8 Å². The van der Waals surface area contributed by atoms with Crippen LogP contribution in [0.5, 0.6) is 0 Å². The van der Waals surface area contributed by atoms with Crippen molar-refractivity contribution in [3.05, 3.63) is 35.4 Å². The molecule has 2 aliphatic rings. The Bertz CT molecular complexity index is 707. The molecule has 2 aromatic rings. The molecular weight excluding hydrogens is 322 g/mol. The first-order chi connectivity index (χ1) is 11.7. The quantitative estimate of drug-likeness (QED) is 0.906. The van der Waals surface area contributed by atoms with Gasteiger partial charge in [0.15, 0.2) is 0 Å². The summed E-state index contributed by atoms with van der Waals surface area (Å²) < 4.78 is 0. The number of fused-ring (bicyclic) bond motifs is 1. The summed E-state index contributed by atoms with van der Waals surface area (Å²) in [6, 6.07) is 10.7. The zero-order chi connectivity index (χ0) is 16.5. The molecule has 0 unspecified atom stereocenters. The average molecular weight is 346 g/mol. The average Bonchev–Trinajstić information content (AvgIpc) is 2.62. The van der Waals surface area contributed by atoms with Gasteiger partial charge in [0, 0.05) is 42.6 Å². The molecule has 0 aliphatic carbocycles. The number of pyridine rings is 1. The fourth-order valence-corrected chi connectivity index (χ4v) is 4.15. The zero-order valence-electron chi connectivity index (χ0n) is 13.9. The molecule has 1 aromatic carbocycles. The van der Waals surface area contributed by atoms with Gasteiger partial charge in [-0.3, -0.25) is 0 Å². The molecule has 24 heavy (non-hydrogen) atoms. The lowest BCUT2D eigenvalue weighted by atomic mass is 9.99. The molecule has 2 fully saturated rings. The Hall–Kier alpha value is -1.36. The number of nitrogens with zero attached hydrogens (tertiary/aromatic N) is 3. The van der Waals surface area contributed by atoms with E-state index < -0.39 is 0 Å². The summed E-state index contributed by atoms with van der Waals surface area (Å²) in [7, 11) is 0. The summed E-state index contributed by atoms with van der Waals surface area (Å²) in [5.74, 6) is 1.07. The number of benzene rings is 1. The number of aliphatic hydroxyl groups is 1. The van der Waals surface area contributed by atoms with Crippen molar-refractivity contribution in [1.29, 1.82) is 0 Å². The van der Waals surface area contributed by atoms with E-state index >= 15 is 0 Å². The first-order valence-electron chi connectivity index (χ1n) is 8.92. The minimum atomic E-state index is -0.0864. The molecule has 0 bridgehead atoms. The van der Waals surface area contributed by atoms with Crippen LogP contribution in [0.25, 0.3) is 10.9 Å². The van der Waals surface area contributed by atoms with Crippen molar-refractivity contribution in [3.8, 4) is 0 Å². The normalized spacial score (nSPS) is 21.5. The summed E-state index contributed by atoms with van der Waals surface area (Å²) in [6.07, 6.45) is 4.12. The smallest absolute Gasteiger partial charge is 0.129 e. The number of anilines is 1. The van der Waals surface area contributed by atoms with Crippen LogP contribution in [0.1, 0.15) is 25.7 Å². The zero-order valence-corrected chi connectivity index (χ0v) is 14.6. The number of aliphatic hydroxyl groups excluding tert-OH is 1. The van der Waals surface area contributed by atoms with Gasteiger partial charge in [0.2, 0.25) is 0 Å². The number of piperidine rings is 2. The van der Waals surface area contributed by atoms with E-state index in [4.69, 9.17) is 16.6 Å². The van der Waals surface area contributed by atoms with Gasteiger partial charge in [0.1, 0.15) is 5.82 Å². The lowest BCUT2D eigenvalue weighted by Crippen LogP contribution is -2.48. The second-order valence-corrected chi connectivity index (χ2v) is 7.43. The van der Waals surface area contributed by atoms with Crippen molar-refractivity contribution in [1.82, 2.24) is 9.88 Å². The summed E-state index contributed by atoms with van der Waals surface area (Å²) in [6.45, 7) is 4.19. The number of halogens is 1. The van der Waals surface area contributed by atoms with Gasteiger partial charge in [0.25, 0.3) is 0 Å². The van der Waals surface area contributed by atoms with Crippen LogP contribution in [0, 0.1) is 0 Å². The maximum atomic E-state index is 9.67. The fraction of sp³-hybridized carbons (Fsp3) is 0.526. The van der Waals surface area contributed by atoms with Crippen molar-refractivity contribution in [2.24, 2.45) is 0 Å². The predicted octanol–water partition coefficient (Wildman–Crippen LogP) is 3.31. The Morgan fingerprint density at radius 2 is 1.71 bits per heavy atom. The third kappa shape index (κ3) is 3.37. The van der Waals surface area contributed by atoms with E-state index in [1.54, 1.807) is 0 Å². The molecule has 0 spiro atoms. The highest BCUT2D eigenvalue weighted by Gasteiger charge is 2.28. The van der Waals surface area contributed by atoms with Crippen LogP contribution in [-0.4, -0.2) is 53.3 Å². The highest BCUT2D eigenvalue weighted by molar-refractivity contribution is 6.31. The molecule has 3 heterocycles. The van der Waals surface area contributed by atoms with Crippen molar-refractivity contribution in [2.45, 2.75) is 37.8 Å². The van der Waals surface area contributed by atoms with Crippen LogP contribution in [0.2, 0.25) is 5.02 Å². The second kappa shape index (κ2) is 6.87. The van der Waals surface area contributed by atoms with Crippen molar-refractivity contribution in [3.63, 3.8) is 0 Å². The minimum absolute atomic E-state index is 0.0864. The molecule has 0 saturated carbocycles. The molecule has 4 nitrogen and oxygen atoms in total. The monoisotopic (exact) mass is 345 g/mol. The molecule has 1 aromatic heterocycles. The van der Waals surface area contributed by atoms with Crippen molar-refractivity contribution in [2.75, 3.05) is 31.1 Å². The molecule has 0 atom stereocenters. The molecular formula is C19H24ClN3O. The third-order valence-electron chi connectivity index (χ3n) is 5.44. The van der Waals surface area contributed by atoms with Gasteiger partial charge in [-0.2, -0.15) is 0 Å². The highest BCUT2D eigenvalue weighted by atomic mass is 35.5. The Morgan fingerprint density at radius 1 is 0.958 bits per heavy atom. The Morgan fingerprint density at radius 3 is 2.46 bits per heavy atom. The molecule has 5 heteroatoms. The lowest BCUT2D eigenvalue weighted by Gasteiger charge is -2.41. The third-order valence-corrected chi connectivity index (χ3v) is 5.68. The number of aromatic nitrogens is 1. The first kappa shape index (κ1) is 16.1. The maximum Gasteiger partial charge on any atom is 0.129 e. The van der Waals surface area contributed by atoms with Crippen molar-refractivity contribution < 1.29 is 5.11 Å². The lowest BCUT2D eigenvalue weighted by molar-refractivity contribution is 0.0542. The Kier molecular flexibility index (Phi) is 4.61. The van der Waals surface area contributed by atoms with Gasteiger partial charge in [-0.1, -0.05) is 11.6 Å². The largest absolute Gasteiger partial charge is 0.393 e. The van der Waals surface area contributed by atoms with Crippen LogP contribution < -0.4 is 4.90 Å². The second-order valence-electron chi connectivity index (χ2n) is 6.99. The van der Waals surface area contributed by atoms with E-state index in [-0.39, 0.29) is 6.10 Å². The van der Waals surface area contributed by atoms with E-state index in [0.29, 0.717) is 6.04 Å². The molecule has 0 amide bonds. The van der Waals surface area contributed by atoms with Crippen molar-refractivity contribution >= 4 is 28.3 Å². The summed E-state index contributed by atoms with van der Waals surface area (Å²) in [5.41, 5.74) is 1.00. The van der Waals surface area contributed by atoms with E-state index in [1.807, 2.05) is 18.2 Å². The number of hydrogen-bond donors (Lipinski definition) is 1. The van der Waals surface area contributed by atoms with Gasteiger partial charge in [-0.25, -0.2) is 4.98 Å². The molecule has 4 rings (SSSR count). The fourth-order valence-electron chi connectivity index (χ4n) is 3.97.